The standard InChI is InChI=1S/C20H26N2O2S2/c1-13-10-15(14(2)22(13)16-6-3-4-7-16)11-18-19(23)21(20(25)26-18)12-17-8-5-9-24-17/h10-11,16-17H,3-9,12H2,1-2H3/b18-11-/t17-/m0/s1. The molecule has 4 nitrogen and oxygen atoms in total. The Morgan fingerprint density at radius 2 is 2.04 bits per heavy atom. The Morgan fingerprint density at radius 1 is 1.27 bits per heavy atom. The molecular formula is C20H26N2O2S2. The van der Waals surface area contributed by atoms with Crippen LogP contribution in [0.25, 0.3) is 6.08 Å². The largest absolute Gasteiger partial charge is 0.376 e. The van der Waals surface area contributed by atoms with Gasteiger partial charge in [0.1, 0.15) is 4.32 Å². The summed E-state index contributed by atoms with van der Waals surface area (Å²) in [6, 6.07) is 2.83. The molecule has 3 fully saturated rings. The molecule has 1 aromatic rings. The van der Waals surface area contributed by atoms with Crippen LogP contribution in [0.4, 0.5) is 0 Å². The normalized spacial score (nSPS) is 26.0. The molecule has 0 bridgehead atoms. The summed E-state index contributed by atoms with van der Waals surface area (Å²) in [6.07, 6.45) is 9.41. The lowest BCUT2D eigenvalue weighted by Crippen LogP contribution is -2.35. The zero-order valence-electron chi connectivity index (χ0n) is 15.5. The van der Waals surface area contributed by atoms with Crippen molar-refractivity contribution in [2.75, 3.05) is 13.2 Å². The Bertz CT molecular complexity index is 756. The molecule has 0 spiro atoms. The second-order valence-corrected chi connectivity index (χ2v) is 9.24. The maximum absolute atomic E-state index is 12.9. The minimum absolute atomic E-state index is 0.0289. The van der Waals surface area contributed by atoms with Crippen molar-refractivity contribution in [1.82, 2.24) is 9.47 Å². The monoisotopic (exact) mass is 390 g/mol. The van der Waals surface area contributed by atoms with E-state index in [0.29, 0.717) is 16.9 Å². The van der Waals surface area contributed by atoms with Crippen LogP contribution in [0.15, 0.2) is 11.0 Å². The van der Waals surface area contributed by atoms with E-state index in [4.69, 9.17) is 17.0 Å². The van der Waals surface area contributed by atoms with Gasteiger partial charge < -0.3 is 9.30 Å². The number of nitrogens with zero attached hydrogens (tertiary/aromatic N) is 2. The Hall–Kier alpha value is -1.11. The van der Waals surface area contributed by atoms with Gasteiger partial charge in [0.2, 0.25) is 0 Å². The molecule has 0 unspecified atom stereocenters. The molecule has 2 aliphatic heterocycles. The molecule has 4 rings (SSSR count). The van der Waals surface area contributed by atoms with Crippen molar-refractivity contribution in [3.05, 3.63) is 27.9 Å². The smallest absolute Gasteiger partial charge is 0.266 e. The Morgan fingerprint density at radius 3 is 2.73 bits per heavy atom. The molecule has 3 heterocycles. The molecule has 0 radical (unpaired) electrons. The summed E-state index contributed by atoms with van der Waals surface area (Å²) in [5.41, 5.74) is 3.70. The van der Waals surface area contributed by atoms with Gasteiger partial charge in [0.15, 0.2) is 0 Å². The van der Waals surface area contributed by atoms with E-state index in [1.165, 1.54) is 48.8 Å². The molecule has 1 aliphatic carbocycles. The third-order valence-corrected chi connectivity index (χ3v) is 7.16. The third kappa shape index (κ3) is 3.39. The summed E-state index contributed by atoms with van der Waals surface area (Å²) in [5.74, 6) is 0.0289. The van der Waals surface area contributed by atoms with Crippen molar-refractivity contribution in [1.29, 1.82) is 0 Å². The first-order valence-corrected chi connectivity index (χ1v) is 10.8. The lowest BCUT2D eigenvalue weighted by Gasteiger charge is -2.18. The van der Waals surface area contributed by atoms with Crippen LogP contribution in [0, 0.1) is 13.8 Å². The summed E-state index contributed by atoms with van der Waals surface area (Å²) < 4.78 is 8.79. The predicted molar refractivity (Wildman–Crippen MR) is 110 cm³/mol. The van der Waals surface area contributed by atoms with E-state index < -0.39 is 0 Å². The minimum Gasteiger partial charge on any atom is -0.376 e. The van der Waals surface area contributed by atoms with Crippen molar-refractivity contribution in [2.45, 2.75) is 64.5 Å². The van der Waals surface area contributed by atoms with Crippen LogP contribution in [0.2, 0.25) is 0 Å². The van der Waals surface area contributed by atoms with Gasteiger partial charge in [-0.05, 0) is 57.2 Å². The zero-order valence-corrected chi connectivity index (χ0v) is 17.1. The molecular weight excluding hydrogens is 364 g/mol. The molecule has 0 N–H and O–H groups in total. The van der Waals surface area contributed by atoms with Gasteiger partial charge in [-0.3, -0.25) is 9.69 Å². The average Bonchev–Trinajstić information content (AvgIpc) is 3.37. The van der Waals surface area contributed by atoms with Crippen molar-refractivity contribution in [3.63, 3.8) is 0 Å². The molecule has 1 aromatic heterocycles. The molecule has 1 atom stereocenters. The number of hydrogen-bond acceptors (Lipinski definition) is 4. The summed E-state index contributed by atoms with van der Waals surface area (Å²) >= 11 is 6.88. The van der Waals surface area contributed by atoms with Crippen molar-refractivity contribution in [2.24, 2.45) is 0 Å². The number of carbonyl (C=O) groups is 1. The van der Waals surface area contributed by atoms with Crippen LogP contribution < -0.4 is 0 Å². The van der Waals surface area contributed by atoms with E-state index >= 15 is 0 Å². The van der Waals surface area contributed by atoms with Crippen LogP contribution in [0.3, 0.4) is 0 Å². The highest BCUT2D eigenvalue weighted by Crippen LogP contribution is 2.37. The number of aromatic nitrogens is 1. The van der Waals surface area contributed by atoms with Crippen LogP contribution in [0.1, 0.15) is 61.5 Å². The predicted octanol–water partition coefficient (Wildman–Crippen LogP) is 4.60. The topological polar surface area (TPSA) is 34.5 Å². The number of rotatable bonds is 4. The maximum atomic E-state index is 12.9. The number of hydrogen-bond donors (Lipinski definition) is 0. The molecule has 3 aliphatic rings. The fourth-order valence-corrected chi connectivity index (χ4v) is 5.73. The highest BCUT2D eigenvalue weighted by Gasteiger charge is 2.35. The summed E-state index contributed by atoms with van der Waals surface area (Å²) in [5, 5.41) is 0. The Labute approximate surface area is 164 Å². The van der Waals surface area contributed by atoms with E-state index in [-0.39, 0.29) is 12.0 Å². The lowest BCUT2D eigenvalue weighted by molar-refractivity contribution is -0.123. The second kappa shape index (κ2) is 7.49. The number of carbonyl (C=O) groups excluding carboxylic acids is 1. The third-order valence-electron chi connectivity index (χ3n) is 5.78. The number of thiocarbonyl (C=S) groups is 1. The number of amides is 1. The molecule has 26 heavy (non-hydrogen) atoms. The van der Waals surface area contributed by atoms with E-state index in [1.807, 2.05) is 6.08 Å². The SMILES string of the molecule is Cc1cc(/C=C2\SC(=S)N(C[C@@H]3CCCO3)C2=O)c(C)n1C1CCCC1. The van der Waals surface area contributed by atoms with Gasteiger partial charge in [0.05, 0.1) is 17.6 Å². The average molecular weight is 391 g/mol. The first kappa shape index (κ1) is 18.3. The van der Waals surface area contributed by atoms with Gasteiger partial charge in [-0.1, -0.05) is 36.8 Å². The van der Waals surface area contributed by atoms with E-state index in [2.05, 4.69) is 24.5 Å². The second-order valence-electron chi connectivity index (χ2n) is 7.56. The van der Waals surface area contributed by atoms with E-state index in [9.17, 15) is 4.79 Å². The molecule has 1 saturated carbocycles. The highest BCUT2D eigenvalue weighted by atomic mass is 32.2. The summed E-state index contributed by atoms with van der Waals surface area (Å²) in [6.45, 7) is 5.72. The van der Waals surface area contributed by atoms with Crippen molar-refractivity contribution < 1.29 is 9.53 Å². The van der Waals surface area contributed by atoms with Gasteiger partial charge in [0, 0.05) is 24.0 Å². The van der Waals surface area contributed by atoms with Crippen LogP contribution in [-0.2, 0) is 9.53 Å². The Balaban J connectivity index is 1.55. The number of thioether (sulfide) groups is 1. The zero-order chi connectivity index (χ0) is 18.3. The quantitative estimate of drug-likeness (QED) is 0.556. The summed E-state index contributed by atoms with van der Waals surface area (Å²) in [7, 11) is 0. The fourth-order valence-electron chi connectivity index (χ4n) is 4.46. The molecule has 1 amide bonds. The lowest BCUT2D eigenvalue weighted by atomic mass is 10.2. The van der Waals surface area contributed by atoms with Gasteiger partial charge in [0.25, 0.3) is 5.91 Å². The van der Waals surface area contributed by atoms with Crippen molar-refractivity contribution >= 4 is 40.3 Å². The van der Waals surface area contributed by atoms with Gasteiger partial charge in [-0.2, -0.15) is 0 Å². The van der Waals surface area contributed by atoms with E-state index in [1.54, 1.807) is 4.90 Å². The first-order valence-electron chi connectivity index (χ1n) is 9.60. The number of aryl methyl sites for hydroxylation is 1. The van der Waals surface area contributed by atoms with Gasteiger partial charge >= 0.3 is 0 Å². The van der Waals surface area contributed by atoms with Crippen LogP contribution in [-0.4, -0.2) is 39.0 Å². The van der Waals surface area contributed by atoms with E-state index in [0.717, 1.165) is 29.9 Å². The van der Waals surface area contributed by atoms with Crippen molar-refractivity contribution in [3.8, 4) is 0 Å². The first-order chi connectivity index (χ1) is 12.5. The maximum Gasteiger partial charge on any atom is 0.266 e. The number of ether oxygens (including phenoxy) is 1. The Kier molecular flexibility index (Phi) is 5.26. The molecule has 0 aromatic carbocycles. The minimum atomic E-state index is 0.0289. The molecule has 6 heteroatoms. The van der Waals surface area contributed by atoms with Gasteiger partial charge in [-0.15, -0.1) is 0 Å². The highest BCUT2D eigenvalue weighted by molar-refractivity contribution is 8.26. The summed E-state index contributed by atoms with van der Waals surface area (Å²) in [4.78, 5) is 15.3. The van der Waals surface area contributed by atoms with Crippen LogP contribution >= 0.6 is 24.0 Å². The molecule has 140 valence electrons. The molecule has 2 saturated heterocycles. The van der Waals surface area contributed by atoms with Gasteiger partial charge in [-0.25, -0.2) is 0 Å². The fraction of sp³-hybridized carbons (Fsp3) is 0.600. The van der Waals surface area contributed by atoms with Crippen LogP contribution in [0.5, 0.6) is 0 Å².